The van der Waals surface area contributed by atoms with Gasteiger partial charge in [0.15, 0.2) is 0 Å². The van der Waals surface area contributed by atoms with Crippen LogP contribution in [0.25, 0.3) is 0 Å². The average molecular weight is 391 g/mol. The van der Waals surface area contributed by atoms with Crippen LogP contribution in [0.3, 0.4) is 0 Å². The van der Waals surface area contributed by atoms with Gasteiger partial charge in [-0.3, -0.25) is 0 Å². The molecule has 0 amide bonds. The second kappa shape index (κ2) is 10.9. The third-order valence-electron chi connectivity index (χ3n) is 7.39. The molecule has 0 atom stereocenters. The summed E-state index contributed by atoms with van der Waals surface area (Å²) in [5, 5.41) is 0.853. The Hall–Kier alpha value is -0.273. The molecule has 1 saturated carbocycles. The van der Waals surface area contributed by atoms with E-state index in [1.807, 2.05) is 12.1 Å². The van der Waals surface area contributed by atoms with E-state index in [9.17, 15) is 0 Å². The molecular weight excluding hydrogens is 352 g/mol. The van der Waals surface area contributed by atoms with E-state index >= 15 is 0 Å². The van der Waals surface area contributed by atoms with E-state index in [0.29, 0.717) is 0 Å². The summed E-state index contributed by atoms with van der Waals surface area (Å²) < 4.78 is 0. The SMILES string of the molecule is CCC[SiH]1CCC([C@H]2CC[C@H](CCCCc3ccc(Cl)cc3)CC2)CC1. The van der Waals surface area contributed by atoms with Gasteiger partial charge in [0.2, 0.25) is 0 Å². The summed E-state index contributed by atoms with van der Waals surface area (Å²) in [6, 6.07) is 13.4. The molecule has 3 rings (SSSR count). The standard InChI is InChI=1S/C24H39ClSi/c1-2-17-26-18-15-23(16-19-26)22-11-7-20(8-12-22)5-3-4-6-21-9-13-24(25)14-10-21/h9-10,13-14,20,22-23,26H,2-8,11-12,15-19H2,1H3/t20-,22-,23?,26?. The zero-order valence-corrected chi connectivity index (χ0v) is 18.8. The van der Waals surface area contributed by atoms with Gasteiger partial charge < -0.3 is 0 Å². The summed E-state index contributed by atoms with van der Waals surface area (Å²) in [4.78, 5) is 0. The van der Waals surface area contributed by atoms with E-state index in [1.54, 1.807) is 43.8 Å². The lowest BCUT2D eigenvalue weighted by Crippen LogP contribution is -2.28. The molecule has 26 heavy (non-hydrogen) atoms. The first kappa shape index (κ1) is 20.5. The van der Waals surface area contributed by atoms with Gasteiger partial charge in [-0.05, 0) is 61.1 Å². The number of hydrogen-bond acceptors (Lipinski definition) is 0. The molecule has 2 heteroatoms. The molecule has 0 N–H and O–H groups in total. The fraction of sp³-hybridized carbons (Fsp3) is 0.750. The van der Waals surface area contributed by atoms with E-state index in [1.165, 1.54) is 50.5 Å². The third-order valence-corrected chi connectivity index (χ3v) is 11.3. The lowest BCUT2D eigenvalue weighted by Gasteiger charge is -2.37. The summed E-state index contributed by atoms with van der Waals surface area (Å²) >= 11 is 5.97. The van der Waals surface area contributed by atoms with Crippen molar-refractivity contribution < 1.29 is 0 Å². The Labute approximate surface area is 168 Å². The normalized spacial score (nSPS) is 29.6. The van der Waals surface area contributed by atoms with Gasteiger partial charge in [-0.15, -0.1) is 0 Å². The topological polar surface area (TPSA) is 0 Å². The largest absolute Gasteiger partial charge is 0.0843 e. The van der Waals surface area contributed by atoms with Crippen molar-refractivity contribution in [1.29, 1.82) is 0 Å². The van der Waals surface area contributed by atoms with Crippen molar-refractivity contribution in [3.8, 4) is 0 Å². The zero-order valence-electron chi connectivity index (χ0n) is 16.9. The first-order valence-electron chi connectivity index (χ1n) is 11.5. The monoisotopic (exact) mass is 390 g/mol. The molecule has 1 aromatic rings. The fourth-order valence-corrected chi connectivity index (χ4v) is 9.33. The first-order chi connectivity index (χ1) is 12.7. The van der Waals surface area contributed by atoms with Crippen molar-refractivity contribution in [1.82, 2.24) is 0 Å². The molecule has 1 aliphatic carbocycles. The summed E-state index contributed by atoms with van der Waals surface area (Å²) in [6.07, 6.45) is 16.2. The number of hydrogen-bond donors (Lipinski definition) is 0. The minimum Gasteiger partial charge on any atom is -0.0843 e. The summed E-state index contributed by atoms with van der Waals surface area (Å²) in [6.45, 7) is 2.38. The molecule has 0 bridgehead atoms. The van der Waals surface area contributed by atoms with Gasteiger partial charge in [-0.2, -0.15) is 0 Å². The Morgan fingerprint density at radius 3 is 2.19 bits per heavy atom. The van der Waals surface area contributed by atoms with Crippen molar-refractivity contribution in [2.75, 3.05) is 0 Å². The molecule has 1 aliphatic heterocycles. The van der Waals surface area contributed by atoms with Crippen LogP contribution in [-0.4, -0.2) is 8.80 Å². The first-order valence-corrected chi connectivity index (χ1v) is 14.3. The van der Waals surface area contributed by atoms with Crippen molar-refractivity contribution in [2.24, 2.45) is 17.8 Å². The van der Waals surface area contributed by atoms with Gasteiger partial charge >= 0.3 is 0 Å². The maximum absolute atomic E-state index is 5.97. The van der Waals surface area contributed by atoms with E-state index in [2.05, 4.69) is 19.1 Å². The van der Waals surface area contributed by atoms with Gasteiger partial charge in [0.25, 0.3) is 0 Å². The molecule has 146 valence electrons. The lowest BCUT2D eigenvalue weighted by atomic mass is 9.73. The van der Waals surface area contributed by atoms with E-state index in [-0.39, 0.29) is 8.80 Å². The number of unbranched alkanes of at least 4 members (excludes halogenated alkanes) is 1. The smallest absolute Gasteiger partial charge is 0.0406 e. The summed E-state index contributed by atoms with van der Waals surface area (Å²) in [5.41, 5.74) is 1.44. The van der Waals surface area contributed by atoms with Crippen molar-refractivity contribution in [3.63, 3.8) is 0 Å². The second-order valence-electron chi connectivity index (χ2n) is 9.22. The summed E-state index contributed by atoms with van der Waals surface area (Å²) in [5.74, 6) is 3.24. The molecule has 0 nitrogen and oxygen atoms in total. The molecule has 0 radical (unpaired) electrons. The van der Waals surface area contributed by atoms with Gasteiger partial charge in [0.1, 0.15) is 0 Å². The minimum atomic E-state index is -0.287. The third kappa shape index (κ3) is 6.41. The van der Waals surface area contributed by atoms with Crippen LogP contribution in [0.15, 0.2) is 24.3 Å². The number of halogens is 1. The number of aryl methyl sites for hydroxylation is 1. The maximum Gasteiger partial charge on any atom is 0.0406 e. The van der Waals surface area contributed by atoms with Crippen LogP contribution in [0.5, 0.6) is 0 Å². The molecule has 1 aromatic carbocycles. The maximum atomic E-state index is 5.97. The van der Waals surface area contributed by atoms with Crippen molar-refractivity contribution >= 4 is 20.4 Å². The Morgan fingerprint density at radius 1 is 0.885 bits per heavy atom. The highest BCUT2D eigenvalue weighted by Gasteiger charge is 2.30. The van der Waals surface area contributed by atoms with Crippen LogP contribution < -0.4 is 0 Å². The molecule has 2 aliphatic rings. The Kier molecular flexibility index (Phi) is 8.58. The summed E-state index contributed by atoms with van der Waals surface area (Å²) in [7, 11) is -0.287. The quantitative estimate of drug-likeness (QED) is 0.312. The highest BCUT2D eigenvalue weighted by Crippen LogP contribution is 2.41. The highest BCUT2D eigenvalue weighted by atomic mass is 35.5. The zero-order chi connectivity index (χ0) is 18.2. The van der Waals surface area contributed by atoms with Gasteiger partial charge in [-0.1, -0.05) is 93.7 Å². The van der Waals surface area contributed by atoms with Crippen molar-refractivity contribution in [3.05, 3.63) is 34.9 Å². The minimum absolute atomic E-state index is 0.287. The predicted molar refractivity (Wildman–Crippen MR) is 119 cm³/mol. The van der Waals surface area contributed by atoms with Crippen LogP contribution in [0, 0.1) is 17.8 Å². The van der Waals surface area contributed by atoms with Crippen molar-refractivity contribution in [2.45, 2.75) is 95.7 Å². The molecule has 2 fully saturated rings. The average Bonchev–Trinajstić information content (AvgIpc) is 2.68. The van der Waals surface area contributed by atoms with Crippen LogP contribution in [0.1, 0.15) is 76.7 Å². The van der Waals surface area contributed by atoms with Crippen LogP contribution in [0.4, 0.5) is 0 Å². The van der Waals surface area contributed by atoms with E-state index in [0.717, 1.165) is 22.8 Å². The molecular formula is C24H39ClSi. The van der Waals surface area contributed by atoms with Crippen LogP contribution in [0.2, 0.25) is 23.2 Å². The number of rotatable bonds is 8. The molecule has 0 aromatic heterocycles. The fourth-order valence-electron chi connectivity index (χ4n) is 5.72. The van der Waals surface area contributed by atoms with Crippen LogP contribution in [-0.2, 0) is 6.42 Å². The molecule has 1 saturated heterocycles. The Balaban J connectivity index is 1.27. The van der Waals surface area contributed by atoms with Gasteiger partial charge in [0.05, 0.1) is 0 Å². The molecule has 1 heterocycles. The van der Waals surface area contributed by atoms with Gasteiger partial charge in [-0.25, -0.2) is 0 Å². The van der Waals surface area contributed by atoms with Crippen LogP contribution >= 0.6 is 11.6 Å². The Bertz CT molecular complexity index is 495. The highest BCUT2D eigenvalue weighted by molar-refractivity contribution is 6.58. The Morgan fingerprint density at radius 2 is 1.54 bits per heavy atom. The molecule has 0 unspecified atom stereocenters. The van der Waals surface area contributed by atoms with E-state index < -0.39 is 0 Å². The van der Waals surface area contributed by atoms with Gasteiger partial charge in [0, 0.05) is 13.8 Å². The van der Waals surface area contributed by atoms with E-state index in [4.69, 9.17) is 11.6 Å². The molecule has 0 spiro atoms. The predicted octanol–water partition coefficient (Wildman–Crippen LogP) is 7.91. The number of benzene rings is 1. The lowest BCUT2D eigenvalue weighted by molar-refractivity contribution is 0.184. The second-order valence-corrected chi connectivity index (χ2v) is 13.1.